The van der Waals surface area contributed by atoms with Gasteiger partial charge in [-0.05, 0) is 94.0 Å². The lowest BCUT2D eigenvalue weighted by molar-refractivity contribution is 1.13. The average molecular weight is 790 g/mol. The summed E-state index contributed by atoms with van der Waals surface area (Å²) in [7, 11) is 0. The molecule has 3 heterocycles. The molecule has 3 aromatic heterocycles. The summed E-state index contributed by atoms with van der Waals surface area (Å²) in [4.78, 5) is 5.19. The Balaban J connectivity index is 0.996. The molecule has 62 heavy (non-hydrogen) atoms. The van der Waals surface area contributed by atoms with Gasteiger partial charge in [-0.2, -0.15) is 0 Å². The highest BCUT2D eigenvalue weighted by Crippen LogP contribution is 2.39. The zero-order chi connectivity index (χ0) is 41.0. The maximum absolute atomic E-state index is 5.19. The molecule has 0 saturated heterocycles. The van der Waals surface area contributed by atoms with Crippen molar-refractivity contribution >= 4 is 43.6 Å². The predicted molar refractivity (Wildman–Crippen MR) is 260 cm³/mol. The third-order valence-electron chi connectivity index (χ3n) is 12.3. The standard InChI is InChI=1S/C59H39N3/c1-3-16-40(17-4-1)47-37-54(42-18-5-2-6-19-42)60-55(38-47)43-32-30-41(31-33-43)44-20-15-21-45(34-44)46-35-48(61-56-26-11-7-22-50(56)51-23-8-12-27-57(51)61)39-49(36-46)62-58-28-13-9-24-52(58)53-25-10-14-29-59(53)62/h1-39H. The molecule has 0 aliphatic rings. The van der Waals surface area contributed by atoms with Crippen LogP contribution in [0.4, 0.5) is 0 Å². The normalized spacial score (nSPS) is 11.5. The van der Waals surface area contributed by atoms with E-state index in [9.17, 15) is 0 Å². The summed E-state index contributed by atoms with van der Waals surface area (Å²) in [5.74, 6) is 0. The number of para-hydroxylation sites is 4. The van der Waals surface area contributed by atoms with Gasteiger partial charge < -0.3 is 9.13 Å². The van der Waals surface area contributed by atoms with Crippen molar-refractivity contribution in [3.63, 3.8) is 0 Å². The lowest BCUT2D eigenvalue weighted by atomic mass is 9.96. The van der Waals surface area contributed by atoms with Crippen LogP contribution in [0.2, 0.25) is 0 Å². The third kappa shape index (κ3) is 6.10. The first-order chi connectivity index (χ1) is 30.7. The lowest BCUT2D eigenvalue weighted by Crippen LogP contribution is -2.00. The van der Waals surface area contributed by atoms with Crippen LogP contribution >= 0.6 is 0 Å². The molecule has 12 rings (SSSR count). The van der Waals surface area contributed by atoms with Gasteiger partial charge in [-0.1, -0.05) is 176 Å². The summed E-state index contributed by atoms with van der Waals surface area (Å²) < 4.78 is 4.86. The topological polar surface area (TPSA) is 22.8 Å². The molecule has 0 N–H and O–H groups in total. The van der Waals surface area contributed by atoms with E-state index in [2.05, 4.69) is 240 Å². The molecule has 290 valence electrons. The first-order valence-electron chi connectivity index (χ1n) is 21.2. The van der Waals surface area contributed by atoms with Gasteiger partial charge in [0.15, 0.2) is 0 Å². The number of fused-ring (bicyclic) bond motifs is 6. The van der Waals surface area contributed by atoms with E-state index in [0.717, 1.165) is 61.7 Å². The van der Waals surface area contributed by atoms with Crippen LogP contribution < -0.4 is 0 Å². The molecule has 12 aromatic rings. The highest BCUT2D eigenvalue weighted by Gasteiger charge is 2.18. The fourth-order valence-corrected chi connectivity index (χ4v) is 9.37. The number of nitrogens with zero attached hydrogens (tertiary/aromatic N) is 3. The smallest absolute Gasteiger partial charge is 0.0715 e. The molecular formula is C59H39N3. The van der Waals surface area contributed by atoms with E-state index < -0.39 is 0 Å². The minimum atomic E-state index is 0.949. The Labute approximate surface area is 360 Å². The van der Waals surface area contributed by atoms with Gasteiger partial charge in [0.25, 0.3) is 0 Å². The van der Waals surface area contributed by atoms with Crippen LogP contribution in [0.15, 0.2) is 237 Å². The van der Waals surface area contributed by atoms with E-state index >= 15 is 0 Å². The quantitative estimate of drug-likeness (QED) is 0.158. The fourth-order valence-electron chi connectivity index (χ4n) is 9.37. The second-order valence-electron chi connectivity index (χ2n) is 16.0. The molecule has 0 fully saturated rings. The molecule has 0 atom stereocenters. The van der Waals surface area contributed by atoms with Crippen LogP contribution in [0.25, 0.3) is 111 Å². The Morgan fingerprint density at radius 2 is 0.565 bits per heavy atom. The maximum Gasteiger partial charge on any atom is 0.0715 e. The lowest BCUT2D eigenvalue weighted by Gasteiger charge is -2.16. The van der Waals surface area contributed by atoms with Crippen LogP contribution in [-0.2, 0) is 0 Å². The minimum Gasteiger partial charge on any atom is -0.309 e. The van der Waals surface area contributed by atoms with Gasteiger partial charge in [0, 0.05) is 44.0 Å². The predicted octanol–water partition coefficient (Wildman–Crippen LogP) is 15.6. The SMILES string of the molecule is c1ccc(-c2cc(-c3ccccc3)nc(-c3ccc(-c4cccc(-c5cc(-n6c7ccccc7c7ccccc76)cc(-n6c7ccccc7c7ccccc76)c5)c4)cc3)c2)cc1. The van der Waals surface area contributed by atoms with Crippen molar-refractivity contribution in [1.82, 2.24) is 14.1 Å². The highest BCUT2D eigenvalue weighted by molar-refractivity contribution is 6.10. The second-order valence-corrected chi connectivity index (χ2v) is 16.0. The molecule has 0 bridgehead atoms. The van der Waals surface area contributed by atoms with Crippen LogP contribution in [0.1, 0.15) is 0 Å². The Morgan fingerprint density at radius 1 is 0.226 bits per heavy atom. The molecule has 0 amide bonds. The molecule has 0 saturated carbocycles. The molecule has 0 spiro atoms. The summed E-state index contributed by atoms with van der Waals surface area (Å²) >= 11 is 0. The zero-order valence-corrected chi connectivity index (χ0v) is 33.9. The Morgan fingerprint density at radius 3 is 1.05 bits per heavy atom. The Hall–Kier alpha value is -8.27. The number of aromatic nitrogens is 3. The van der Waals surface area contributed by atoms with Crippen molar-refractivity contribution in [1.29, 1.82) is 0 Å². The van der Waals surface area contributed by atoms with Crippen LogP contribution in [0.3, 0.4) is 0 Å². The van der Waals surface area contributed by atoms with Crippen LogP contribution in [-0.4, -0.2) is 14.1 Å². The summed E-state index contributed by atoms with van der Waals surface area (Å²) in [6.45, 7) is 0. The van der Waals surface area contributed by atoms with Crippen molar-refractivity contribution in [3.05, 3.63) is 237 Å². The first kappa shape index (κ1) is 35.7. The summed E-state index contributed by atoms with van der Waals surface area (Å²) in [5, 5.41) is 4.98. The summed E-state index contributed by atoms with van der Waals surface area (Å²) in [6, 6.07) is 85.3. The van der Waals surface area contributed by atoms with E-state index in [4.69, 9.17) is 4.98 Å². The van der Waals surface area contributed by atoms with Gasteiger partial charge in [0.1, 0.15) is 0 Å². The van der Waals surface area contributed by atoms with Crippen LogP contribution in [0.5, 0.6) is 0 Å². The number of pyridine rings is 1. The van der Waals surface area contributed by atoms with E-state index in [-0.39, 0.29) is 0 Å². The summed E-state index contributed by atoms with van der Waals surface area (Å²) in [5.41, 5.74) is 18.0. The molecule has 0 radical (unpaired) electrons. The number of benzene rings is 9. The van der Waals surface area contributed by atoms with E-state index in [0.29, 0.717) is 0 Å². The van der Waals surface area contributed by atoms with Crippen molar-refractivity contribution in [2.45, 2.75) is 0 Å². The number of hydrogen-bond acceptors (Lipinski definition) is 1. The monoisotopic (exact) mass is 789 g/mol. The highest BCUT2D eigenvalue weighted by atomic mass is 15.0. The van der Waals surface area contributed by atoms with Crippen molar-refractivity contribution < 1.29 is 0 Å². The van der Waals surface area contributed by atoms with Gasteiger partial charge in [0.05, 0.1) is 33.5 Å². The second kappa shape index (κ2) is 14.8. The van der Waals surface area contributed by atoms with Gasteiger partial charge in [-0.15, -0.1) is 0 Å². The van der Waals surface area contributed by atoms with Crippen molar-refractivity contribution in [2.75, 3.05) is 0 Å². The molecule has 0 aliphatic carbocycles. The van der Waals surface area contributed by atoms with E-state index in [1.807, 2.05) is 6.07 Å². The average Bonchev–Trinajstić information content (AvgIpc) is 3.88. The van der Waals surface area contributed by atoms with Gasteiger partial charge in [0.2, 0.25) is 0 Å². The van der Waals surface area contributed by atoms with Gasteiger partial charge in [-0.25, -0.2) is 4.98 Å². The minimum absolute atomic E-state index is 0.949. The number of rotatable bonds is 7. The first-order valence-corrected chi connectivity index (χ1v) is 21.2. The van der Waals surface area contributed by atoms with Crippen molar-refractivity contribution in [3.8, 4) is 67.3 Å². The largest absolute Gasteiger partial charge is 0.309 e. The van der Waals surface area contributed by atoms with Gasteiger partial charge >= 0.3 is 0 Å². The van der Waals surface area contributed by atoms with Crippen molar-refractivity contribution in [2.24, 2.45) is 0 Å². The van der Waals surface area contributed by atoms with E-state index in [1.165, 1.54) is 49.2 Å². The van der Waals surface area contributed by atoms with E-state index in [1.54, 1.807) is 0 Å². The Kier molecular flexibility index (Phi) is 8.50. The molecule has 9 aromatic carbocycles. The molecular weight excluding hydrogens is 751 g/mol. The van der Waals surface area contributed by atoms with Gasteiger partial charge in [-0.3, -0.25) is 0 Å². The molecule has 3 nitrogen and oxygen atoms in total. The number of hydrogen-bond donors (Lipinski definition) is 0. The third-order valence-corrected chi connectivity index (χ3v) is 12.3. The molecule has 0 unspecified atom stereocenters. The summed E-state index contributed by atoms with van der Waals surface area (Å²) in [6.07, 6.45) is 0. The Bertz CT molecular complexity index is 3320. The zero-order valence-electron chi connectivity index (χ0n) is 33.9. The maximum atomic E-state index is 5.19. The fraction of sp³-hybridized carbons (Fsp3) is 0. The molecule has 0 aliphatic heterocycles. The molecule has 3 heteroatoms. The van der Waals surface area contributed by atoms with Crippen LogP contribution in [0, 0.1) is 0 Å².